The van der Waals surface area contributed by atoms with Gasteiger partial charge in [-0.1, -0.05) is 0 Å². The summed E-state index contributed by atoms with van der Waals surface area (Å²) in [6.45, 7) is 5.98. The van der Waals surface area contributed by atoms with Crippen LogP contribution in [0.15, 0.2) is 18.2 Å². The minimum Gasteiger partial charge on any atom is -0.369 e. The minimum absolute atomic E-state index is 0.0684. The number of ether oxygens (including phenoxy) is 1. The quantitative estimate of drug-likeness (QED) is 0.434. The summed E-state index contributed by atoms with van der Waals surface area (Å²) in [5.74, 6) is -1.59. The molecule has 0 aliphatic carbocycles. The Morgan fingerprint density at radius 2 is 1.95 bits per heavy atom. The topological polar surface area (TPSA) is 138 Å². The Balaban J connectivity index is 1.43. The third kappa shape index (κ3) is 5.81. The molecule has 3 N–H and O–H groups in total. The largest absolute Gasteiger partial charge is 0.369 e. The number of aromatic nitrogens is 1. The Labute approximate surface area is 220 Å². The molecule has 1 saturated heterocycles. The fraction of sp³-hybridized carbons (Fsp3) is 0.423. The van der Waals surface area contributed by atoms with Crippen LogP contribution in [0.1, 0.15) is 46.2 Å². The van der Waals surface area contributed by atoms with Crippen molar-refractivity contribution in [3.8, 4) is 0 Å². The van der Waals surface area contributed by atoms with Crippen molar-refractivity contribution in [1.82, 2.24) is 15.2 Å². The highest BCUT2D eigenvalue weighted by Crippen LogP contribution is 2.34. The van der Waals surface area contributed by atoms with Crippen molar-refractivity contribution >= 4 is 44.9 Å². The number of benzene rings is 1. The van der Waals surface area contributed by atoms with Crippen molar-refractivity contribution in [2.75, 3.05) is 43.1 Å². The second-order valence-corrected chi connectivity index (χ2v) is 11.6. The molecule has 1 fully saturated rings. The summed E-state index contributed by atoms with van der Waals surface area (Å²) in [4.78, 5) is 43.0. The van der Waals surface area contributed by atoms with Crippen molar-refractivity contribution in [3.63, 3.8) is 0 Å². The fourth-order valence-corrected chi connectivity index (χ4v) is 5.93. The molecule has 1 unspecified atom stereocenters. The minimum atomic E-state index is -3.12. The van der Waals surface area contributed by atoms with E-state index < -0.39 is 21.8 Å². The fourth-order valence-electron chi connectivity index (χ4n) is 4.73. The molecular weight excluding hydrogens is 515 g/mol. The number of H-pyrrole nitrogens is 1. The number of sulfone groups is 1. The van der Waals surface area contributed by atoms with Crippen LogP contribution in [-0.4, -0.2) is 79.9 Å². The predicted octanol–water partition coefficient (Wildman–Crippen LogP) is 2.05. The van der Waals surface area contributed by atoms with Gasteiger partial charge in [-0.05, 0) is 57.0 Å². The summed E-state index contributed by atoms with van der Waals surface area (Å²) >= 11 is 0. The standard InChI is InChI=1S/C26H31FN4O6S/c1-4-37-22(26(34)31-9-11-38(35,36)12-10-31)7-8-28-25(33)23-15(2)21(29-16(23)3)14-19-18-13-17(27)5-6-20(18)30-24(19)32/h5-6,13-14,22,29H,4,7-12H2,1-3H3,(H,28,33)(H,30,32)/b19-14-. The second kappa shape index (κ2) is 11.1. The van der Waals surface area contributed by atoms with Crippen molar-refractivity contribution in [2.24, 2.45) is 0 Å². The van der Waals surface area contributed by atoms with Crippen LogP contribution in [0.3, 0.4) is 0 Å². The number of aryl methyl sites for hydroxylation is 1. The molecule has 2 aromatic rings. The molecule has 1 atom stereocenters. The summed E-state index contributed by atoms with van der Waals surface area (Å²) in [5, 5.41) is 5.53. The van der Waals surface area contributed by atoms with Crippen LogP contribution in [-0.2, 0) is 24.2 Å². The van der Waals surface area contributed by atoms with Crippen molar-refractivity contribution in [2.45, 2.75) is 33.3 Å². The molecule has 0 saturated carbocycles. The molecule has 1 aromatic heterocycles. The Morgan fingerprint density at radius 3 is 2.63 bits per heavy atom. The highest BCUT2D eigenvalue weighted by molar-refractivity contribution is 7.91. The zero-order chi connectivity index (χ0) is 27.6. The summed E-state index contributed by atoms with van der Waals surface area (Å²) < 4.78 is 42.7. The molecule has 0 spiro atoms. The Kier molecular flexibility index (Phi) is 8.02. The molecule has 0 bridgehead atoms. The van der Waals surface area contributed by atoms with E-state index in [-0.39, 0.29) is 55.3 Å². The molecule has 204 valence electrons. The van der Waals surface area contributed by atoms with Crippen molar-refractivity contribution in [1.29, 1.82) is 0 Å². The first-order valence-electron chi connectivity index (χ1n) is 12.4. The van der Waals surface area contributed by atoms with Gasteiger partial charge < -0.3 is 25.3 Å². The number of fused-ring (bicyclic) bond motifs is 1. The van der Waals surface area contributed by atoms with E-state index in [1.165, 1.54) is 23.1 Å². The lowest BCUT2D eigenvalue weighted by molar-refractivity contribution is -0.143. The maximum Gasteiger partial charge on any atom is 0.256 e. The van der Waals surface area contributed by atoms with Crippen molar-refractivity contribution < 1.29 is 31.9 Å². The molecule has 12 heteroatoms. The van der Waals surface area contributed by atoms with E-state index in [0.29, 0.717) is 45.9 Å². The van der Waals surface area contributed by atoms with Crippen LogP contribution < -0.4 is 10.6 Å². The van der Waals surface area contributed by atoms with Gasteiger partial charge >= 0.3 is 0 Å². The number of amides is 3. The average Bonchev–Trinajstić information content (AvgIpc) is 3.32. The number of hydrogen-bond donors (Lipinski definition) is 3. The van der Waals surface area contributed by atoms with E-state index in [4.69, 9.17) is 4.74 Å². The molecular formula is C26H31FN4O6S. The number of halogens is 1. The second-order valence-electron chi connectivity index (χ2n) is 9.33. The normalized spacial score (nSPS) is 18.3. The predicted molar refractivity (Wildman–Crippen MR) is 141 cm³/mol. The molecule has 0 radical (unpaired) electrons. The molecule has 4 rings (SSSR count). The Morgan fingerprint density at radius 1 is 1.24 bits per heavy atom. The lowest BCUT2D eigenvalue weighted by atomic mass is 10.0. The number of carbonyl (C=O) groups excluding carboxylic acids is 3. The molecule has 38 heavy (non-hydrogen) atoms. The molecule has 3 amide bonds. The van der Waals surface area contributed by atoms with Gasteiger partial charge in [-0.3, -0.25) is 14.4 Å². The highest BCUT2D eigenvalue weighted by Gasteiger charge is 2.30. The zero-order valence-corrected chi connectivity index (χ0v) is 22.3. The van der Waals surface area contributed by atoms with Gasteiger partial charge in [0.15, 0.2) is 9.84 Å². The Hall–Kier alpha value is -3.51. The van der Waals surface area contributed by atoms with Gasteiger partial charge in [0, 0.05) is 48.9 Å². The third-order valence-corrected chi connectivity index (χ3v) is 8.36. The number of hydrogen-bond acceptors (Lipinski definition) is 6. The first kappa shape index (κ1) is 27.5. The molecule has 1 aromatic carbocycles. The van der Waals surface area contributed by atoms with E-state index >= 15 is 0 Å². The van der Waals surface area contributed by atoms with E-state index in [9.17, 15) is 27.2 Å². The molecule has 2 aliphatic heterocycles. The monoisotopic (exact) mass is 546 g/mol. The third-order valence-electron chi connectivity index (χ3n) is 6.75. The lowest BCUT2D eigenvalue weighted by Crippen LogP contribution is -2.49. The van der Waals surface area contributed by atoms with Gasteiger partial charge in [-0.25, -0.2) is 12.8 Å². The number of nitrogens with one attached hydrogen (secondary N) is 3. The number of carbonyl (C=O) groups is 3. The smallest absolute Gasteiger partial charge is 0.256 e. The van der Waals surface area contributed by atoms with Gasteiger partial charge in [0.1, 0.15) is 11.9 Å². The maximum atomic E-state index is 13.8. The van der Waals surface area contributed by atoms with Crippen LogP contribution in [0.2, 0.25) is 0 Å². The molecule has 2 aliphatic rings. The van der Waals surface area contributed by atoms with Gasteiger partial charge in [-0.15, -0.1) is 0 Å². The van der Waals surface area contributed by atoms with Gasteiger partial charge in [0.2, 0.25) is 0 Å². The van der Waals surface area contributed by atoms with Crippen molar-refractivity contribution in [3.05, 3.63) is 52.1 Å². The highest BCUT2D eigenvalue weighted by atomic mass is 32.2. The van der Waals surface area contributed by atoms with Crippen LogP contribution in [0.25, 0.3) is 11.6 Å². The number of anilines is 1. The van der Waals surface area contributed by atoms with Gasteiger partial charge in [0.25, 0.3) is 17.7 Å². The first-order chi connectivity index (χ1) is 18.0. The Bertz CT molecular complexity index is 1400. The maximum absolute atomic E-state index is 13.8. The lowest BCUT2D eigenvalue weighted by Gasteiger charge is -2.30. The van der Waals surface area contributed by atoms with Crippen LogP contribution in [0.5, 0.6) is 0 Å². The van der Waals surface area contributed by atoms with Gasteiger partial charge in [-0.2, -0.15) is 0 Å². The van der Waals surface area contributed by atoms with Crippen LogP contribution in [0, 0.1) is 19.7 Å². The summed E-state index contributed by atoms with van der Waals surface area (Å²) in [5.41, 5.74) is 3.44. The molecule has 10 nitrogen and oxygen atoms in total. The SMILES string of the molecule is CCOC(CCNC(=O)c1c(C)[nH]c(/C=C2\C(=O)Nc3ccc(F)cc32)c1C)C(=O)N1CCS(=O)(=O)CC1. The van der Waals surface area contributed by atoms with Gasteiger partial charge in [0.05, 0.1) is 22.6 Å². The summed E-state index contributed by atoms with van der Waals surface area (Å²) in [7, 11) is -3.12. The first-order valence-corrected chi connectivity index (χ1v) is 14.2. The zero-order valence-electron chi connectivity index (χ0n) is 21.5. The summed E-state index contributed by atoms with van der Waals surface area (Å²) in [6, 6.07) is 4.06. The van der Waals surface area contributed by atoms with Crippen LogP contribution in [0.4, 0.5) is 10.1 Å². The molecule has 3 heterocycles. The number of aromatic amines is 1. The van der Waals surface area contributed by atoms with E-state index in [1.54, 1.807) is 26.8 Å². The van der Waals surface area contributed by atoms with E-state index in [2.05, 4.69) is 15.6 Å². The summed E-state index contributed by atoms with van der Waals surface area (Å²) in [6.07, 6.45) is 1.03. The van der Waals surface area contributed by atoms with E-state index in [1.807, 2.05) is 0 Å². The number of rotatable bonds is 8. The average molecular weight is 547 g/mol. The van der Waals surface area contributed by atoms with Crippen LogP contribution >= 0.6 is 0 Å². The van der Waals surface area contributed by atoms with E-state index in [0.717, 1.165) is 0 Å². The number of nitrogens with zero attached hydrogens (tertiary/aromatic N) is 1.